The molecule has 1 aromatic carbocycles. The van der Waals surface area contributed by atoms with Gasteiger partial charge in [-0.1, -0.05) is 30.3 Å². The van der Waals surface area contributed by atoms with E-state index in [4.69, 9.17) is 5.73 Å². The molecule has 5 nitrogen and oxygen atoms in total. The molecule has 1 aromatic heterocycles. The third kappa shape index (κ3) is 1.91. The van der Waals surface area contributed by atoms with Crippen LogP contribution in [0.3, 0.4) is 0 Å². The zero-order chi connectivity index (χ0) is 14.0. The Labute approximate surface area is 117 Å². The van der Waals surface area contributed by atoms with Crippen molar-refractivity contribution in [3.63, 3.8) is 0 Å². The lowest BCUT2D eigenvalue weighted by molar-refractivity contribution is -0.109. The number of aromatic amines is 1. The highest BCUT2D eigenvalue weighted by Gasteiger charge is 2.45. The molecule has 0 aliphatic carbocycles. The quantitative estimate of drug-likeness (QED) is 0.826. The lowest BCUT2D eigenvalue weighted by atomic mass is 9.86. The smallest absolute Gasteiger partial charge is 0.134 e. The minimum absolute atomic E-state index is 0.375. The van der Waals surface area contributed by atoms with Gasteiger partial charge in [-0.3, -0.25) is 4.90 Å². The molecule has 3 rings (SSSR count). The summed E-state index contributed by atoms with van der Waals surface area (Å²) in [5, 5.41) is 0. The van der Waals surface area contributed by atoms with Crippen molar-refractivity contribution in [3.05, 3.63) is 47.9 Å². The lowest BCUT2D eigenvalue weighted by Crippen LogP contribution is -2.44. The summed E-state index contributed by atoms with van der Waals surface area (Å²) in [5.41, 5.74) is 6.57. The van der Waals surface area contributed by atoms with E-state index in [9.17, 15) is 4.79 Å². The maximum atomic E-state index is 11.0. The molecule has 0 bridgehead atoms. The summed E-state index contributed by atoms with van der Waals surface area (Å²) in [7, 11) is 0. The second-order valence-electron chi connectivity index (χ2n) is 5.13. The standard InChI is InChI=1S/C15H18N4O/c16-13-11-17-14(18-13)15(12-5-2-1-3-6-12)7-4-8-19(15)9-10-20/h1-3,5-6,10-11H,4,7-9,16H2,(H,17,18). The van der Waals surface area contributed by atoms with E-state index in [2.05, 4.69) is 27.0 Å². The summed E-state index contributed by atoms with van der Waals surface area (Å²) in [4.78, 5) is 20.8. The van der Waals surface area contributed by atoms with E-state index in [1.165, 1.54) is 0 Å². The molecule has 5 heteroatoms. The number of hydrogen-bond acceptors (Lipinski definition) is 4. The zero-order valence-electron chi connectivity index (χ0n) is 11.2. The number of anilines is 1. The van der Waals surface area contributed by atoms with Crippen molar-refractivity contribution in [3.8, 4) is 0 Å². The maximum Gasteiger partial charge on any atom is 0.134 e. The van der Waals surface area contributed by atoms with Crippen LogP contribution in [0.1, 0.15) is 24.2 Å². The molecule has 104 valence electrons. The molecule has 1 atom stereocenters. The summed E-state index contributed by atoms with van der Waals surface area (Å²) >= 11 is 0. The van der Waals surface area contributed by atoms with Crippen molar-refractivity contribution in [1.29, 1.82) is 0 Å². The number of hydrogen-bond donors (Lipinski definition) is 2. The Morgan fingerprint density at radius 2 is 2.20 bits per heavy atom. The Morgan fingerprint density at radius 3 is 2.85 bits per heavy atom. The van der Waals surface area contributed by atoms with Gasteiger partial charge in [0.25, 0.3) is 0 Å². The van der Waals surface area contributed by atoms with Crippen molar-refractivity contribution < 1.29 is 4.79 Å². The van der Waals surface area contributed by atoms with Crippen LogP contribution in [-0.4, -0.2) is 34.2 Å². The number of nitrogens with zero attached hydrogens (tertiary/aromatic N) is 2. The molecule has 2 aromatic rings. The molecule has 0 amide bonds. The Kier molecular flexibility index (Phi) is 3.28. The first kappa shape index (κ1) is 12.9. The number of nitrogen functional groups attached to an aromatic ring is 1. The number of imidazole rings is 1. The Bertz CT molecular complexity index is 595. The number of aldehydes is 1. The molecule has 0 spiro atoms. The van der Waals surface area contributed by atoms with Gasteiger partial charge in [-0.25, -0.2) is 4.98 Å². The van der Waals surface area contributed by atoms with Gasteiger partial charge < -0.3 is 15.5 Å². The normalized spacial score (nSPS) is 23.0. The van der Waals surface area contributed by atoms with Crippen LogP contribution in [0.5, 0.6) is 0 Å². The van der Waals surface area contributed by atoms with E-state index in [-0.39, 0.29) is 5.54 Å². The van der Waals surface area contributed by atoms with E-state index in [0.29, 0.717) is 12.4 Å². The lowest BCUT2D eigenvalue weighted by Gasteiger charge is -2.36. The van der Waals surface area contributed by atoms with Crippen molar-refractivity contribution in [2.75, 3.05) is 18.8 Å². The van der Waals surface area contributed by atoms with Crippen molar-refractivity contribution in [2.24, 2.45) is 0 Å². The van der Waals surface area contributed by atoms with Gasteiger partial charge in [0.15, 0.2) is 0 Å². The highest BCUT2D eigenvalue weighted by Crippen LogP contribution is 2.42. The van der Waals surface area contributed by atoms with E-state index < -0.39 is 0 Å². The first-order chi connectivity index (χ1) is 9.77. The summed E-state index contributed by atoms with van der Waals surface area (Å²) < 4.78 is 0. The Balaban J connectivity index is 2.14. The average Bonchev–Trinajstić information content (AvgIpc) is 3.08. The van der Waals surface area contributed by atoms with Gasteiger partial charge in [-0.2, -0.15) is 0 Å². The summed E-state index contributed by atoms with van der Waals surface area (Å²) in [5.74, 6) is 1.37. The summed E-state index contributed by atoms with van der Waals surface area (Å²) in [6, 6.07) is 10.2. The highest BCUT2D eigenvalue weighted by molar-refractivity contribution is 5.53. The van der Waals surface area contributed by atoms with Crippen LogP contribution in [0.2, 0.25) is 0 Å². The highest BCUT2D eigenvalue weighted by atomic mass is 16.1. The van der Waals surface area contributed by atoms with Crippen LogP contribution >= 0.6 is 0 Å². The maximum absolute atomic E-state index is 11.0. The number of H-pyrrole nitrogens is 1. The first-order valence-corrected chi connectivity index (χ1v) is 6.82. The summed E-state index contributed by atoms with van der Waals surface area (Å²) in [6.45, 7) is 1.28. The Hall–Kier alpha value is -2.14. The predicted molar refractivity (Wildman–Crippen MR) is 77.1 cm³/mol. The van der Waals surface area contributed by atoms with Gasteiger partial charge in [0.05, 0.1) is 12.7 Å². The van der Waals surface area contributed by atoms with Gasteiger partial charge in [-0.15, -0.1) is 0 Å². The molecule has 1 saturated heterocycles. The molecular formula is C15H18N4O. The first-order valence-electron chi connectivity index (χ1n) is 6.82. The average molecular weight is 270 g/mol. The number of nitrogens with two attached hydrogens (primary N) is 1. The molecule has 0 saturated carbocycles. The minimum atomic E-state index is -0.375. The van der Waals surface area contributed by atoms with Crippen molar-refractivity contribution in [1.82, 2.24) is 14.9 Å². The van der Waals surface area contributed by atoms with Crippen LogP contribution in [-0.2, 0) is 10.3 Å². The molecule has 20 heavy (non-hydrogen) atoms. The minimum Gasteiger partial charge on any atom is -0.384 e. The number of rotatable bonds is 4. The van der Waals surface area contributed by atoms with Gasteiger partial charge in [0, 0.05) is 0 Å². The molecule has 1 fully saturated rings. The van der Waals surface area contributed by atoms with E-state index >= 15 is 0 Å². The number of likely N-dealkylation sites (tertiary alicyclic amines) is 1. The fraction of sp³-hybridized carbons (Fsp3) is 0.333. The monoisotopic (exact) mass is 270 g/mol. The van der Waals surface area contributed by atoms with Crippen LogP contribution in [0.15, 0.2) is 36.5 Å². The number of aromatic nitrogens is 2. The summed E-state index contributed by atoms with van der Waals surface area (Å²) in [6.07, 6.45) is 4.55. The molecule has 1 aliphatic heterocycles. The molecule has 1 aliphatic rings. The number of benzene rings is 1. The Morgan fingerprint density at radius 1 is 1.40 bits per heavy atom. The SMILES string of the molecule is Nc1cnc(C2(c3ccccc3)CCCN2CC=O)[nH]1. The molecule has 1 unspecified atom stereocenters. The number of carbonyl (C=O) groups excluding carboxylic acids is 1. The van der Waals surface area contributed by atoms with Crippen LogP contribution in [0, 0.1) is 0 Å². The van der Waals surface area contributed by atoms with E-state index in [1.807, 2.05) is 18.2 Å². The van der Waals surface area contributed by atoms with Gasteiger partial charge in [0.2, 0.25) is 0 Å². The third-order valence-corrected chi connectivity index (χ3v) is 4.04. The van der Waals surface area contributed by atoms with Gasteiger partial charge in [-0.05, 0) is 24.9 Å². The van der Waals surface area contributed by atoms with E-state index in [1.54, 1.807) is 6.20 Å². The molecule has 0 radical (unpaired) electrons. The zero-order valence-corrected chi connectivity index (χ0v) is 11.2. The molecular weight excluding hydrogens is 252 g/mol. The fourth-order valence-corrected chi connectivity index (χ4v) is 3.20. The van der Waals surface area contributed by atoms with E-state index in [0.717, 1.165) is 37.1 Å². The largest absolute Gasteiger partial charge is 0.384 e. The third-order valence-electron chi connectivity index (χ3n) is 4.04. The van der Waals surface area contributed by atoms with Gasteiger partial charge in [0.1, 0.15) is 23.5 Å². The van der Waals surface area contributed by atoms with Gasteiger partial charge >= 0.3 is 0 Å². The second-order valence-corrected chi connectivity index (χ2v) is 5.13. The van der Waals surface area contributed by atoms with Crippen LogP contribution in [0.25, 0.3) is 0 Å². The van der Waals surface area contributed by atoms with Crippen LogP contribution in [0.4, 0.5) is 5.82 Å². The topological polar surface area (TPSA) is 75.0 Å². The molecule has 3 N–H and O–H groups in total. The van der Waals surface area contributed by atoms with Crippen molar-refractivity contribution >= 4 is 12.1 Å². The molecule has 2 heterocycles. The number of nitrogens with one attached hydrogen (secondary N) is 1. The fourth-order valence-electron chi connectivity index (χ4n) is 3.20. The number of carbonyl (C=O) groups is 1. The second kappa shape index (κ2) is 5.09. The van der Waals surface area contributed by atoms with Crippen LogP contribution < -0.4 is 5.73 Å². The predicted octanol–water partition coefficient (Wildman–Crippen LogP) is 1.53. The van der Waals surface area contributed by atoms with Crippen molar-refractivity contribution in [2.45, 2.75) is 18.4 Å².